The molecule has 2 unspecified atom stereocenters. The summed E-state index contributed by atoms with van der Waals surface area (Å²) in [5.41, 5.74) is 0.451. The van der Waals surface area contributed by atoms with Crippen LogP contribution in [0, 0.1) is 5.41 Å². The van der Waals surface area contributed by atoms with Crippen LogP contribution in [0.4, 0.5) is 0 Å². The number of hydrogen-bond donors (Lipinski definition) is 1. The van der Waals surface area contributed by atoms with Crippen molar-refractivity contribution in [1.82, 2.24) is 5.32 Å². The van der Waals surface area contributed by atoms with E-state index < -0.39 is 0 Å². The normalized spacial score (nSPS) is 29.2. The fourth-order valence-corrected chi connectivity index (χ4v) is 2.90. The second-order valence-corrected chi connectivity index (χ2v) is 6.05. The Labute approximate surface area is 100 Å². The van der Waals surface area contributed by atoms with Gasteiger partial charge >= 0.3 is 0 Å². The largest absolute Gasteiger partial charge is 0.378 e. The smallest absolute Gasteiger partial charge is 0.0581 e. The van der Waals surface area contributed by atoms with E-state index in [-0.39, 0.29) is 0 Å². The molecule has 0 radical (unpaired) electrons. The summed E-state index contributed by atoms with van der Waals surface area (Å²) in [4.78, 5) is 0. The predicted molar refractivity (Wildman–Crippen MR) is 67.6 cm³/mol. The van der Waals surface area contributed by atoms with Crippen LogP contribution in [0.5, 0.6) is 0 Å². The lowest BCUT2D eigenvalue weighted by molar-refractivity contribution is 0.0623. The molecule has 0 amide bonds. The Morgan fingerprint density at radius 3 is 2.69 bits per heavy atom. The monoisotopic (exact) mass is 225 g/mol. The van der Waals surface area contributed by atoms with Gasteiger partial charge in [0.25, 0.3) is 0 Å². The van der Waals surface area contributed by atoms with Crippen LogP contribution < -0.4 is 5.32 Å². The summed E-state index contributed by atoms with van der Waals surface area (Å²) in [7, 11) is 0. The molecule has 1 aliphatic carbocycles. The molecular formula is C14H27NO. The first-order valence-corrected chi connectivity index (χ1v) is 7.07. The first-order chi connectivity index (χ1) is 7.72. The van der Waals surface area contributed by atoms with Gasteiger partial charge in [-0.2, -0.15) is 0 Å². The summed E-state index contributed by atoms with van der Waals surface area (Å²) in [6.45, 7) is 6.91. The van der Waals surface area contributed by atoms with Crippen LogP contribution in [0.2, 0.25) is 0 Å². The molecule has 2 fully saturated rings. The molecule has 2 rings (SSSR count). The van der Waals surface area contributed by atoms with Crippen molar-refractivity contribution in [3.05, 3.63) is 0 Å². The summed E-state index contributed by atoms with van der Waals surface area (Å²) in [6, 6.07) is 0.834. The summed E-state index contributed by atoms with van der Waals surface area (Å²) < 4.78 is 5.79. The van der Waals surface area contributed by atoms with Crippen LogP contribution in [0.25, 0.3) is 0 Å². The highest BCUT2D eigenvalue weighted by Crippen LogP contribution is 2.33. The molecule has 0 bridgehead atoms. The molecule has 1 aliphatic heterocycles. The van der Waals surface area contributed by atoms with E-state index in [0.29, 0.717) is 11.5 Å². The highest BCUT2D eigenvalue weighted by molar-refractivity contribution is 4.87. The predicted octanol–water partition coefficient (Wildman–Crippen LogP) is 3.11. The van der Waals surface area contributed by atoms with Crippen LogP contribution in [-0.2, 0) is 4.74 Å². The molecule has 1 saturated carbocycles. The van der Waals surface area contributed by atoms with Crippen molar-refractivity contribution in [3.63, 3.8) is 0 Å². The molecule has 0 aromatic carbocycles. The number of ether oxygens (including phenoxy) is 1. The van der Waals surface area contributed by atoms with Crippen molar-refractivity contribution in [1.29, 1.82) is 0 Å². The molecule has 2 atom stereocenters. The Bertz CT molecular complexity index is 209. The Kier molecular flexibility index (Phi) is 4.26. The van der Waals surface area contributed by atoms with E-state index in [0.717, 1.165) is 12.6 Å². The topological polar surface area (TPSA) is 21.3 Å². The van der Waals surface area contributed by atoms with Crippen LogP contribution in [0.3, 0.4) is 0 Å². The highest BCUT2D eigenvalue weighted by atomic mass is 16.5. The van der Waals surface area contributed by atoms with Gasteiger partial charge in [-0.25, -0.2) is 0 Å². The maximum Gasteiger partial charge on any atom is 0.0581 e. The first-order valence-electron chi connectivity index (χ1n) is 7.07. The third-order valence-corrected chi connectivity index (χ3v) is 3.99. The Morgan fingerprint density at radius 2 is 2.12 bits per heavy atom. The van der Waals surface area contributed by atoms with Gasteiger partial charge in [0.2, 0.25) is 0 Å². The van der Waals surface area contributed by atoms with E-state index >= 15 is 0 Å². The molecule has 1 heterocycles. The molecule has 2 nitrogen and oxygen atoms in total. The summed E-state index contributed by atoms with van der Waals surface area (Å²) in [6.07, 6.45) is 9.73. The van der Waals surface area contributed by atoms with Crippen molar-refractivity contribution < 1.29 is 4.74 Å². The lowest BCUT2D eigenvalue weighted by Gasteiger charge is -2.32. The third-order valence-electron chi connectivity index (χ3n) is 3.99. The van der Waals surface area contributed by atoms with Gasteiger partial charge in [-0.3, -0.25) is 0 Å². The van der Waals surface area contributed by atoms with E-state index in [2.05, 4.69) is 19.2 Å². The third kappa shape index (κ3) is 3.74. The minimum absolute atomic E-state index is 0.451. The van der Waals surface area contributed by atoms with E-state index in [1.807, 2.05) is 0 Å². The SMILES string of the molecule is CCCC(C)(CNC1CC1)CC1CCCO1. The minimum atomic E-state index is 0.451. The zero-order valence-electron chi connectivity index (χ0n) is 10.9. The summed E-state index contributed by atoms with van der Waals surface area (Å²) in [5, 5.41) is 3.70. The van der Waals surface area contributed by atoms with Crippen LogP contribution >= 0.6 is 0 Å². The van der Waals surface area contributed by atoms with Crippen LogP contribution in [-0.4, -0.2) is 25.3 Å². The molecule has 1 saturated heterocycles. The van der Waals surface area contributed by atoms with Crippen LogP contribution in [0.1, 0.15) is 58.8 Å². The highest BCUT2D eigenvalue weighted by Gasteiger charge is 2.31. The van der Waals surface area contributed by atoms with Gasteiger partial charge in [0.1, 0.15) is 0 Å². The lowest BCUT2D eigenvalue weighted by atomic mass is 9.79. The lowest BCUT2D eigenvalue weighted by Crippen LogP contribution is -2.35. The van der Waals surface area contributed by atoms with Crippen molar-refractivity contribution in [3.8, 4) is 0 Å². The maximum atomic E-state index is 5.79. The first kappa shape index (κ1) is 12.4. The summed E-state index contributed by atoms with van der Waals surface area (Å²) in [5.74, 6) is 0. The fourth-order valence-electron chi connectivity index (χ4n) is 2.90. The van der Waals surface area contributed by atoms with Gasteiger partial charge < -0.3 is 10.1 Å². The molecule has 2 aliphatic rings. The van der Waals surface area contributed by atoms with Gasteiger partial charge in [0.15, 0.2) is 0 Å². The second-order valence-electron chi connectivity index (χ2n) is 6.05. The molecular weight excluding hydrogens is 198 g/mol. The fraction of sp³-hybridized carbons (Fsp3) is 1.00. The van der Waals surface area contributed by atoms with E-state index in [1.165, 1.54) is 51.5 Å². The molecule has 0 spiro atoms. The molecule has 0 aromatic rings. The average molecular weight is 225 g/mol. The zero-order chi connectivity index (χ0) is 11.4. The zero-order valence-corrected chi connectivity index (χ0v) is 10.9. The van der Waals surface area contributed by atoms with Gasteiger partial charge in [0.05, 0.1) is 6.10 Å². The Balaban J connectivity index is 1.79. The van der Waals surface area contributed by atoms with E-state index in [9.17, 15) is 0 Å². The Morgan fingerprint density at radius 1 is 1.31 bits per heavy atom. The summed E-state index contributed by atoms with van der Waals surface area (Å²) >= 11 is 0. The van der Waals surface area contributed by atoms with E-state index in [4.69, 9.17) is 4.74 Å². The molecule has 16 heavy (non-hydrogen) atoms. The molecule has 1 N–H and O–H groups in total. The quantitative estimate of drug-likeness (QED) is 0.719. The van der Waals surface area contributed by atoms with Crippen molar-refractivity contribution in [2.24, 2.45) is 5.41 Å². The van der Waals surface area contributed by atoms with Crippen molar-refractivity contribution in [2.45, 2.75) is 70.9 Å². The molecule has 94 valence electrons. The minimum Gasteiger partial charge on any atom is -0.378 e. The standard InChI is InChI=1S/C14H27NO/c1-3-8-14(2,11-15-12-6-7-12)10-13-5-4-9-16-13/h12-13,15H,3-11H2,1-2H3. The van der Waals surface area contributed by atoms with Crippen LogP contribution in [0.15, 0.2) is 0 Å². The number of hydrogen-bond acceptors (Lipinski definition) is 2. The number of rotatable bonds is 7. The molecule has 0 aromatic heterocycles. The van der Waals surface area contributed by atoms with Gasteiger partial charge in [-0.05, 0) is 43.9 Å². The second kappa shape index (κ2) is 5.50. The molecule has 2 heteroatoms. The van der Waals surface area contributed by atoms with E-state index in [1.54, 1.807) is 0 Å². The van der Waals surface area contributed by atoms with Gasteiger partial charge in [-0.15, -0.1) is 0 Å². The maximum absolute atomic E-state index is 5.79. The number of nitrogens with one attached hydrogen (secondary N) is 1. The van der Waals surface area contributed by atoms with Gasteiger partial charge in [0, 0.05) is 19.2 Å². The average Bonchev–Trinajstić information content (AvgIpc) is 2.95. The van der Waals surface area contributed by atoms with Crippen molar-refractivity contribution in [2.75, 3.05) is 13.2 Å². The Hall–Kier alpha value is -0.0800. The van der Waals surface area contributed by atoms with Gasteiger partial charge in [-0.1, -0.05) is 20.3 Å². The van der Waals surface area contributed by atoms with Crippen molar-refractivity contribution >= 4 is 0 Å².